The Bertz CT molecular complexity index is 1060. The van der Waals surface area contributed by atoms with Crippen LogP contribution in [-0.2, 0) is 9.84 Å². The Morgan fingerprint density at radius 1 is 1.00 bits per heavy atom. The van der Waals surface area contributed by atoms with Crippen molar-refractivity contribution in [2.24, 2.45) is 0 Å². The van der Waals surface area contributed by atoms with E-state index >= 15 is 0 Å². The smallest absolute Gasteiger partial charge is 0.233 e. The highest BCUT2D eigenvalue weighted by molar-refractivity contribution is 7.91. The Morgan fingerprint density at radius 2 is 1.59 bits per heavy atom. The SMILES string of the molecule is CN(C)CCCNc1oc(-c2ccc(Cl)cc2)nc1S(=O)(=O)c1ccc(Cl)cc1. The Hall–Kier alpha value is -2.06. The van der Waals surface area contributed by atoms with Crippen LogP contribution in [0.4, 0.5) is 5.88 Å². The normalized spacial score (nSPS) is 11.8. The van der Waals surface area contributed by atoms with Gasteiger partial charge in [-0.3, -0.25) is 0 Å². The summed E-state index contributed by atoms with van der Waals surface area (Å²) in [6, 6.07) is 12.8. The summed E-state index contributed by atoms with van der Waals surface area (Å²) in [6.45, 7) is 1.39. The zero-order chi connectivity index (χ0) is 21.0. The second-order valence-electron chi connectivity index (χ2n) is 6.70. The number of hydrogen-bond donors (Lipinski definition) is 1. The number of benzene rings is 2. The molecule has 1 aromatic heterocycles. The van der Waals surface area contributed by atoms with Crippen molar-refractivity contribution in [3.8, 4) is 11.5 Å². The Labute approximate surface area is 180 Å². The van der Waals surface area contributed by atoms with Gasteiger partial charge in [0, 0.05) is 22.2 Å². The Kier molecular flexibility index (Phi) is 6.85. The minimum atomic E-state index is -3.90. The molecule has 9 heteroatoms. The van der Waals surface area contributed by atoms with Gasteiger partial charge in [-0.2, -0.15) is 4.98 Å². The molecule has 3 rings (SSSR count). The van der Waals surface area contributed by atoms with Crippen LogP contribution in [0.2, 0.25) is 10.0 Å². The van der Waals surface area contributed by atoms with E-state index in [-0.39, 0.29) is 21.7 Å². The minimum absolute atomic E-state index is 0.0918. The molecule has 0 spiro atoms. The lowest BCUT2D eigenvalue weighted by Crippen LogP contribution is -2.17. The minimum Gasteiger partial charge on any atom is -0.419 e. The van der Waals surface area contributed by atoms with Gasteiger partial charge in [-0.25, -0.2) is 8.42 Å². The maximum absolute atomic E-state index is 13.2. The molecule has 0 aliphatic carbocycles. The van der Waals surface area contributed by atoms with Crippen LogP contribution in [0.1, 0.15) is 6.42 Å². The second kappa shape index (κ2) is 9.17. The third-order valence-corrected chi connectivity index (χ3v) is 6.32. The summed E-state index contributed by atoms with van der Waals surface area (Å²) in [7, 11) is 0.0537. The number of rotatable bonds is 8. The molecule has 29 heavy (non-hydrogen) atoms. The predicted molar refractivity (Wildman–Crippen MR) is 116 cm³/mol. The molecule has 1 N–H and O–H groups in total. The monoisotopic (exact) mass is 453 g/mol. The summed E-state index contributed by atoms with van der Waals surface area (Å²) in [4.78, 5) is 6.43. The zero-order valence-corrected chi connectivity index (χ0v) is 18.4. The summed E-state index contributed by atoms with van der Waals surface area (Å²) in [5, 5.41) is 3.93. The summed E-state index contributed by atoms with van der Waals surface area (Å²) in [5.74, 6) is 0.313. The summed E-state index contributed by atoms with van der Waals surface area (Å²) >= 11 is 11.8. The fourth-order valence-electron chi connectivity index (χ4n) is 2.64. The van der Waals surface area contributed by atoms with Crippen LogP contribution in [-0.4, -0.2) is 45.5 Å². The number of nitrogens with zero attached hydrogens (tertiary/aromatic N) is 2. The molecule has 0 saturated carbocycles. The average Bonchev–Trinajstić information content (AvgIpc) is 3.11. The first-order valence-corrected chi connectivity index (χ1v) is 11.2. The molecular formula is C20H21Cl2N3O3S. The molecule has 154 valence electrons. The Balaban J connectivity index is 1.98. The molecule has 3 aromatic rings. The van der Waals surface area contributed by atoms with E-state index in [0.29, 0.717) is 22.2 Å². The van der Waals surface area contributed by atoms with Crippen LogP contribution in [0.25, 0.3) is 11.5 Å². The van der Waals surface area contributed by atoms with Crippen LogP contribution < -0.4 is 5.32 Å². The van der Waals surface area contributed by atoms with E-state index in [4.69, 9.17) is 27.6 Å². The molecule has 0 amide bonds. The van der Waals surface area contributed by atoms with Crippen molar-refractivity contribution in [2.75, 3.05) is 32.5 Å². The van der Waals surface area contributed by atoms with Crippen LogP contribution in [0.15, 0.2) is 62.9 Å². The van der Waals surface area contributed by atoms with Crippen molar-refractivity contribution < 1.29 is 12.8 Å². The number of sulfone groups is 1. The van der Waals surface area contributed by atoms with Gasteiger partial charge in [-0.15, -0.1) is 0 Å². The molecule has 0 saturated heterocycles. The van der Waals surface area contributed by atoms with Gasteiger partial charge >= 0.3 is 0 Å². The third-order valence-electron chi connectivity index (χ3n) is 4.13. The highest BCUT2D eigenvalue weighted by Crippen LogP contribution is 2.33. The summed E-state index contributed by atoms with van der Waals surface area (Å²) in [5.41, 5.74) is 0.628. The lowest BCUT2D eigenvalue weighted by atomic mass is 10.2. The van der Waals surface area contributed by atoms with E-state index in [2.05, 4.69) is 10.3 Å². The maximum Gasteiger partial charge on any atom is 0.233 e. The standard InChI is InChI=1S/C20H21Cl2N3O3S/c1-25(2)13-3-12-23-19-20(29(26,27)17-10-8-16(22)9-11-17)24-18(28-19)14-4-6-15(21)7-5-14/h4-11,23H,3,12-13H2,1-2H3. The van der Waals surface area contributed by atoms with Crippen molar-refractivity contribution in [3.63, 3.8) is 0 Å². The van der Waals surface area contributed by atoms with Gasteiger partial charge in [-0.05, 0) is 75.6 Å². The molecule has 1 heterocycles. The number of aromatic nitrogens is 1. The molecule has 0 radical (unpaired) electrons. The van der Waals surface area contributed by atoms with E-state index in [1.807, 2.05) is 19.0 Å². The van der Waals surface area contributed by atoms with Crippen LogP contribution in [0.3, 0.4) is 0 Å². The lowest BCUT2D eigenvalue weighted by molar-refractivity contribution is 0.404. The van der Waals surface area contributed by atoms with E-state index in [1.165, 1.54) is 24.3 Å². The molecule has 6 nitrogen and oxygen atoms in total. The summed E-state index contributed by atoms with van der Waals surface area (Å²) < 4.78 is 32.1. The molecular weight excluding hydrogens is 433 g/mol. The number of anilines is 1. The Morgan fingerprint density at radius 3 is 2.17 bits per heavy atom. The van der Waals surface area contributed by atoms with Crippen LogP contribution in [0.5, 0.6) is 0 Å². The van der Waals surface area contributed by atoms with Gasteiger partial charge in [0.15, 0.2) is 0 Å². The molecule has 0 fully saturated rings. The fraction of sp³-hybridized carbons (Fsp3) is 0.250. The first-order chi connectivity index (χ1) is 13.8. The molecule has 0 unspecified atom stereocenters. The first-order valence-electron chi connectivity index (χ1n) is 8.93. The van der Waals surface area contributed by atoms with Gasteiger partial charge < -0.3 is 14.6 Å². The average molecular weight is 454 g/mol. The van der Waals surface area contributed by atoms with Gasteiger partial charge in [0.1, 0.15) is 0 Å². The summed E-state index contributed by atoms with van der Waals surface area (Å²) in [6.07, 6.45) is 0.810. The maximum atomic E-state index is 13.2. The number of halogens is 2. The van der Waals surface area contributed by atoms with E-state index in [0.717, 1.165) is 13.0 Å². The van der Waals surface area contributed by atoms with E-state index in [1.54, 1.807) is 24.3 Å². The lowest BCUT2D eigenvalue weighted by Gasteiger charge is -2.10. The third kappa shape index (κ3) is 5.30. The van der Waals surface area contributed by atoms with Crippen molar-refractivity contribution in [3.05, 3.63) is 58.6 Å². The quantitative estimate of drug-likeness (QED) is 0.491. The van der Waals surface area contributed by atoms with E-state index in [9.17, 15) is 8.42 Å². The van der Waals surface area contributed by atoms with E-state index < -0.39 is 9.84 Å². The zero-order valence-electron chi connectivity index (χ0n) is 16.0. The largest absolute Gasteiger partial charge is 0.419 e. The number of oxazole rings is 1. The highest BCUT2D eigenvalue weighted by atomic mass is 35.5. The van der Waals surface area contributed by atoms with Crippen molar-refractivity contribution >= 4 is 38.9 Å². The van der Waals surface area contributed by atoms with Gasteiger partial charge in [0.2, 0.25) is 26.6 Å². The van der Waals surface area contributed by atoms with Crippen molar-refractivity contribution in [1.82, 2.24) is 9.88 Å². The van der Waals surface area contributed by atoms with Gasteiger partial charge in [0.25, 0.3) is 0 Å². The van der Waals surface area contributed by atoms with Crippen molar-refractivity contribution in [1.29, 1.82) is 0 Å². The molecule has 0 aliphatic rings. The molecule has 0 bridgehead atoms. The highest BCUT2D eigenvalue weighted by Gasteiger charge is 2.28. The fourth-order valence-corrected chi connectivity index (χ4v) is 4.17. The van der Waals surface area contributed by atoms with Crippen molar-refractivity contribution in [2.45, 2.75) is 16.3 Å². The predicted octanol–water partition coefficient (Wildman–Crippen LogP) is 4.84. The van der Waals surface area contributed by atoms with Gasteiger partial charge in [0.05, 0.1) is 4.90 Å². The number of nitrogens with one attached hydrogen (secondary N) is 1. The molecule has 0 atom stereocenters. The molecule has 2 aromatic carbocycles. The molecule has 0 aliphatic heterocycles. The van der Waals surface area contributed by atoms with Crippen LogP contribution in [0, 0.1) is 0 Å². The first kappa shape index (κ1) is 21.6. The van der Waals surface area contributed by atoms with Crippen LogP contribution >= 0.6 is 23.2 Å². The second-order valence-corrected chi connectivity index (χ2v) is 9.44. The van der Waals surface area contributed by atoms with Gasteiger partial charge in [-0.1, -0.05) is 23.2 Å². The number of hydrogen-bond acceptors (Lipinski definition) is 6. The topological polar surface area (TPSA) is 75.4 Å².